The van der Waals surface area contributed by atoms with Crippen LogP contribution in [0.2, 0.25) is 0 Å². The number of piperazine rings is 1. The fourth-order valence-electron chi connectivity index (χ4n) is 4.01. The van der Waals surface area contributed by atoms with Crippen molar-refractivity contribution in [2.45, 2.75) is 25.8 Å². The number of carbonyl (C=O) groups is 1. The first-order chi connectivity index (χ1) is 16.8. The smallest absolute Gasteiger partial charge is 0.256 e. The van der Waals surface area contributed by atoms with Crippen molar-refractivity contribution in [1.82, 2.24) is 15.6 Å². The minimum Gasteiger partial charge on any atom is -0.497 e. The quantitative estimate of drug-likeness (QED) is 0.274. The lowest BCUT2D eigenvalue weighted by Crippen LogP contribution is -2.50. The summed E-state index contributed by atoms with van der Waals surface area (Å²) in [5.74, 6) is 7.29. The molecule has 1 amide bonds. The van der Waals surface area contributed by atoms with Crippen molar-refractivity contribution in [3.05, 3.63) is 77.6 Å². The average molecular weight is 480 g/mol. The molecule has 1 atom stereocenters. The molecule has 2 aromatic carbocycles. The number of hydrazine groups is 1. The van der Waals surface area contributed by atoms with Crippen LogP contribution >= 0.6 is 0 Å². The van der Waals surface area contributed by atoms with Gasteiger partial charge < -0.3 is 30.0 Å². The summed E-state index contributed by atoms with van der Waals surface area (Å²) in [6.45, 7) is 9.29. The van der Waals surface area contributed by atoms with E-state index < -0.39 is 0 Å². The maximum Gasteiger partial charge on any atom is 0.256 e. The fourth-order valence-corrected chi connectivity index (χ4v) is 4.01. The predicted octanol–water partition coefficient (Wildman–Crippen LogP) is 3.07. The number of benzene rings is 2. The van der Waals surface area contributed by atoms with E-state index in [1.807, 2.05) is 42.5 Å². The average Bonchev–Trinajstić information content (AvgIpc) is 2.88. The third kappa shape index (κ3) is 7.24. The number of nitrogens with one attached hydrogen (secondary N) is 2. The summed E-state index contributed by atoms with van der Waals surface area (Å²) in [6.07, 6.45) is 3.16. The van der Waals surface area contributed by atoms with Gasteiger partial charge in [0.1, 0.15) is 17.3 Å². The molecule has 2 aromatic rings. The Labute approximate surface area is 208 Å². The Kier molecular flexibility index (Phi) is 9.17. The second-order valence-electron chi connectivity index (χ2n) is 8.86. The number of nitrogens with zero attached hydrogens (tertiary/aromatic N) is 2. The van der Waals surface area contributed by atoms with Crippen LogP contribution < -0.4 is 31.0 Å². The standard InChI is InChI=1S/C27H37N5O3/c1-19(6-7-21-15-24(34-4)17-25(16-21)35-5)14-26(30-28)29-27(33)22-8-10-23(11-9-22)32-13-12-31(3)20(2)18-32/h8-11,14-17,20,30H,1,6-7,12-13,18,28H2,2-5H3,(H,29,33)/b26-14-/t20-/m1/s1. The molecule has 1 heterocycles. The Bertz CT molecular complexity index is 1030. The normalized spacial score (nSPS) is 16.5. The molecule has 8 nitrogen and oxygen atoms in total. The number of anilines is 1. The van der Waals surface area contributed by atoms with Crippen LogP contribution in [0, 0.1) is 0 Å². The van der Waals surface area contributed by atoms with Gasteiger partial charge in [0, 0.05) is 43.0 Å². The molecule has 8 heteroatoms. The Balaban J connectivity index is 1.57. The lowest BCUT2D eigenvalue weighted by atomic mass is 10.0. The number of ether oxygens (including phenoxy) is 2. The van der Waals surface area contributed by atoms with E-state index in [2.05, 4.69) is 41.1 Å². The summed E-state index contributed by atoms with van der Waals surface area (Å²) in [5, 5.41) is 2.83. The second-order valence-corrected chi connectivity index (χ2v) is 8.86. The number of allylic oxidation sites excluding steroid dienone is 2. The predicted molar refractivity (Wildman–Crippen MR) is 141 cm³/mol. The zero-order valence-corrected chi connectivity index (χ0v) is 21.1. The second kappa shape index (κ2) is 12.3. The number of likely N-dealkylation sites (N-methyl/N-ethyl adjacent to an activating group) is 1. The Morgan fingerprint density at radius 1 is 1.14 bits per heavy atom. The van der Waals surface area contributed by atoms with Crippen molar-refractivity contribution in [3.8, 4) is 11.5 Å². The van der Waals surface area contributed by atoms with Crippen LogP contribution in [0.25, 0.3) is 0 Å². The van der Waals surface area contributed by atoms with Gasteiger partial charge in [0.2, 0.25) is 0 Å². The van der Waals surface area contributed by atoms with Gasteiger partial charge in [-0.05, 0) is 74.9 Å². The fraction of sp³-hybridized carbons (Fsp3) is 0.370. The number of methoxy groups -OCH3 is 2. The van der Waals surface area contributed by atoms with Gasteiger partial charge >= 0.3 is 0 Å². The first-order valence-electron chi connectivity index (χ1n) is 11.8. The number of amides is 1. The lowest BCUT2D eigenvalue weighted by Gasteiger charge is -2.39. The molecular formula is C27H37N5O3. The highest BCUT2D eigenvalue weighted by atomic mass is 16.5. The van der Waals surface area contributed by atoms with E-state index in [0.717, 1.165) is 54.4 Å². The molecule has 0 bridgehead atoms. The van der Waals surface area contributed by atoms with Crippen LogP contribution in [0.5, 0.6) is 11.5 Å². The molecule has 3 rings (SSSR count). The van der Waals surface area contributed by atoms with Crippen molar-refractivity contribution in [2.24, 2.45) is 5.84 Å². The monoisotopic (exact) mass is 479 g/mol. The Morgan fingerprint density at radius 3 is 2.37 bits per heavy atom. The third-order valence-electron chi connectivity index (χ3n) is 6.35. The number of hydrogen-bond donors (Lipinski definition) is 3. The van der Waals surface area contributed by atoms with Crippen molar-refractivity contribution in [2.75, 3.05) is 45.8 Å². The number of carbonyl (C=O) groups excluding carboxylic acids is 1. The molecule has 1 fully saturated rings. The highest BCUT2D eigenvalue weighted by Crippen LogP contribution is 2.24. The summed E-state index contributed by atoms with van der Waals surface area (Å²) >= 11 is 0. The van der Waals surface area contributed by atoms with Gasteiger partial charge in [0.05, 0.1) is 14.2 Å². The van der Waals surface area contributed by atoms with E-state index >= 15 is 0 Å². The number of nitrogens with two attached hydrogens (primary N) is 1. The minimum atomic E-state index is -0.238. The first kappa shape index (κ1) is 26.1. The van der Waals surface area contributed by atoms with Gasteiger partial charge in [-0.1, -0.05) is 12.2 Å². The van der Waals surface area contributed by atoms with E-state index in [-0.39, 0.29) is 5.91 Å². The van der Waals surface area contributed by atoms with E-state index in [1.54, 1.807) is 20.3 Å². The number of rotatable bonds is 10. The van der Waals surface area contributed by atoms with Crippen LogP contribution in [0.15, 0.2) is 66.5 Å². The molecule has 4 N–H and O–H groups in total. The zero-order valence-electron chi connectivity index (χ0n) is 21.1. The molecule has 1 aliphatic heterocycles. The molecule has 0 saturated carbocycles. The third-order valence-corrected chi connectivity index (χ3v) is 6.35. The van der Waals surface area contributed by atoms with E-state index in [4.69, 9.17) is 15.3 Å². The highest BCUT2D eigenvalue weighted by molar-refractivity contribution is 5.95. The Hall–Kier alpha value is -3.49. The molecule has 1 aliphatic rings. The first-order valence-corrected chi connectivity index (χ1v) is 11.8. The molecule has 1 saturated heterocycles. The van der Waals surface area contributed by atoms with Gasteiger partial charge in [0.25, 0.3) is 5.91 Å². The molecular weight excluding hydrogens is 442 g/mol. The Morgan fingerprint density at radius 2 is 1.80 bits per heavy atom. The maximum atomic E-state index is 12.8. The van der Waals surface area contributed by atoms with Gasteiger partial charge in [-0.2, -0.15) is 0 Å². The molecule has 0 unspecified atom stereocenters. The summed E-state index contributed by atoms with van der Waals surface area (Å²) in [4.78, 5) is 17.5. The van der Waals surface area contributed by atoms with Crippen molar-refractivity contribution < 1.29 is 14.3 Å². The van der Waals surface area contributed by atoms with Crippen LogP contribution in [-0.2, 0) is 6.42 Å². The number of hydrogen-bond acceptors (Lipinski definition) is 7. The molecule has 0 aliphatic carbocycles. The summed E-state index contributed by atoms with van der Waals surface area (Å²) in [6, 6.07) is 13.9. The topological polar surface area (TPSA) is 92.1 Å². The highest BCUT2D eigenvalue weighted by Gasteiger charge is 2.21. The molecule has 0 radical (unpaired) electrons. The lowest BCUT2D eigenvalue weighted by molar-refractivity contribution is 0.0963. The number of aryl methyl sites for hydroxylation is 1. The minimum absolute atomic E-state index is 0.238. The largest absolute Gasteiger partial charge is 0.497 e. The van der Waals surface area contributed by atoms with E-state index in [0.29, 0.717) is 23.8 Å². The SMILES string of the molecule is C=C(/C=C(\NN)NC(=O)c1ccc(N2CCN(C)[C@H](C)C2)cc1)CCc1cc(OC)cc(OC)c1. The van der Waals surface area contributed by atoms with Gasteiger partial charge in [-0.25, -0.2) is 5.84 Å². The van der Waals surface area contributed by atoms with E-state index in [1.165, 1.54) is 0 Å². The van der Waals surface area contributed by atoms with Gasteiger partial charge in [0.15, 0.2) is 0 Å². The van der Waals surface area contributed by atoms with Crippen molar-refractivity contribution in [1.29, 1.82) is 0 Å². The summed E-state index contributed by atoms with van der Waals surface area (Å²) in [7, 11) is 5.40. The van der Waals surface area contributed by atoms with Gasteiger partial charge in [-0.15, -0.1) is 0 Å². The van der Waals surface area contributed by atoms with Crippen molar-refractivity contribution in [3.63, 3.8) is 0 Å². The van der Waals surface area contributed by atoms with Crippen LogP contribution in [0.1, 0.15) is 29.3 Å². The molecule has 0 aromatic heterocycles. The van der Waals surface area contributed by atoms with Crippen LogP contribution in [0.4, 0.5) is 5.69 Å². The molecule has 188 valence electrons. The van der Waals surface area contributed by atoms with Gasteiger partial charge in [-0.3, -0.25) is 4.79 Å². The van der Waals surface area contributed by atoms with E-state index in [9.17, 15) is 4.79 Å². The zero-order chi connectivity index (χ0) is 25.4. The summed E-state index contributed by atoms with van der Waals surface area (Å²) < 4.78 is 10.7. The maximum absolute atomic E-state index is 12.8. The molecule has 0 spiro atoms. The van der Waals surface area contributed by atoms with Crippen molar-refractivity contribution >= 4 is 11.6 Å². The summed E-state index contributed by atoms with van der Waals surface area (Å²) in [5.41, 5.74) is 6.12. The van der Waals surface area contributed by atoms with Crippen LogP contribution in [0.3, 0.4) is 0 Å². The molecule has 35 heavy (non-hydrogen) atoms. The van der Waals surface area contributed by atoms with Crippen LogP contribution in [-0.4, -0.2) is 57.8 Å².